The smallest absolute Gasteiger partial charge is 0.184 e. The van der Waals surface area contributed by atoms with Gasteiger partial charge in [0.25, 0.3) is 0 Å². The maximum atomic E-state index is 12.9. The summed E-state index contributed by atoms with van der Waals surface area (Å²) in [6, 6.07) is 6.68. The van der Waals surface area contributed by atoms with Gasteiger partial charge in [0.15, 0.2) is 9.84 Å². The lowest BCUT2D eigenvalue weighted by atomic mass is 9.87. The van der Waals surface area contributed by atoms with Crippen LogP contribution in [0.2, 0.25) is 5.02 Å². The Morgan fingerprint density at radius 1 is 1.35 bits per heavy atom. The van der Waals surface area contributed by atoms with Crippen molar-refractivity contribution in [3.63, 3.8) is 0 Å². The van der Waals surface area contributed by atoms with Crippen LogP contribution in [-0.2, 0) is 9.84 Å². The van der Waals surface area contributed by atoms with Crippen molar-refractivity contribution < 1.29 is 8.42 Å². The number of hydrogen-bond donors (Lipinski definition) is 1. The summed E-state index contributed by atoms with van der Waals surface area (Å²) in [5, 5.41) is 3.27. The van der Waals surface area contributed by atoms with E-state index < -0.39 is 15.1 Å². The van der Waals surface area contributed by atoms with Gasteiger partial charge in [-0.2, -0.15) is 0 Å². The Morgan fingerprint density at radius 3 is 2.60 bits per heavy atom. The molecule has 0 aliphatic heterocycles. The van der Waals surface area contributed by atoms with Crippen LogP contribution in [0.4, 0.5) is 0 Å². The van der Waals surface area contributed by atoms with Gasteiger partial charge < -0.3 is 5.32 Å². The SMILES string of the molecule is CCNC1C(S(=O)(=O)c2ccccc2Cl)CCC1(C)C. The zero-order valence-corrected chi connectivity index (χ0v) is 13.8. The Labute approximate surface area is 126 Å². The fourth-order valence-corrected chi connectivity index (χ4v) is 5.78. The molecule has 3 nitrogen and oxygen atoms in total. The van der Waals surface area contributed by atoms with E-state index in [-0.39, 0.29) is 16.4 Å². The van der Waals surface area contributed by atoms with Crippen LogP contribution in [0.25, 0.3) is 0 Å². The Balaban J connectivity index is 2.42. The maximum Gasteiger partial charge on any atom is 0.184 e. The van der Waals surface area contributed by atoms with E-state index in [2.05, 4.69) is 19.2 Å². The minimum absolute atomic E-state index is 0.0188. The van der Waals surface area contributed by atoms with Gasteiger partial charge in [0.1, 0.15) is 0 Å². The van der Waals surface area contributed by atoms with Crippen molar-refractivity contribution in [1.29, 1.82) is 0 Å². The molecule has 0 saturated heterocycles. The maximum absolute atomic E-state index is 12.9. The number of halogens is 1. The molecule has 0 radical (unpaired) electrons. The molecule has 0 bridgehead atoms. The number of sulfone groups is 1. The van der Waals surface area contributed by atoms with Crippen molar-refractivity contribution in [3.05, 3.63) is 29.3 Å². The third-order valence-electron chi connectivity index (χ3n) is 4.25. The molecular formula is C15H22ClNO2S. The molecular weight excluding hydrogens is 294 g/mol. The second kappa shape index (κ2) is 5.66. The van der Waals surface area contributed by atoms with E-state index in [0.29, 0.717) is 11.4 Å². The van der Waals surface area contributed by atoms with E-state index in [0.717, 1.165) is 13.0 Å². The predicted molar refractivity (Wildman–Crippen MR) is 82.9 cm³/mol. The van der Waals surface area contributed by atoms with Crippen molar-refractivity contribution in [2.45, 2.75) is 49.8 Å². The molecule has 20 heavy (non-hydrogen) atoms. The molecule has 1 aromatic rings. The van der Waals surface area contributed by atoms with Crippen LogP contribution in [0.3, 0.4) is 0 Å². The number of hydrogen-bond acceptors (Lipinski definition) is 3. The minimum atomic E-state index is -3.41. The second-order valence-corrected chi connectivity index (χ2v) is 8.62. The van der Waals surface area contributed by atoms with Crippen molar-refractivity contribution in [2.75, 3.05) is 6.54 Å². The zero-order valence-electron chi connectivity index (χ0n) is 12.2. The van der Waals surface area contributed by atoms with E-state index in [1.54, 1.807) is 24.3 Å². The van der Waals surface area contributed by atoms with E-state index in [1.165, 1.54) is 0 Å². The first-order valence-corrected chi connectivity index (χ1v) is 8.95. The first kappa shape index (κ1) is 15.8. The lowest BCUT2D eigenvalue weighted by Crippen LogP contribution is -2.47. The van der Waals surface area contributed by atoms with Gasteiger partial charge in [0.2, 0.25) is 0 Å². The van der Waals surface area contributed by atoms with Gasteiger partial charge in [0.05, 0.1) is 15.2 Å². The van der Waals surface area contributed by atoms with Crippen molar-refractivity contribution >= 4 is 21.4 Å². The summed E-state index contributed by atoms with van der Waals surface area (Å²) in [6.45, 7) is 7.03. The summed E-state index contributed by atoms with van der Waals surface area (Å²) in [6.07, 6.45) is 1.58. The van der Waals surface area contributed by atoms with Gasteiger partial charge >= 0.3 is 0 Å². The Morgan fingerprint density at radius 2 is 2.00 bits per heavy atom. The highest BCUT2D eigenvalue weighted by Gasteiger charge is 2.48. The summed E-state index contributed by atoms with van der Waals surface area (Å²) < 4.78 is 25.8. The molecule has 112 valence electrons. The predicted octanol–water partition coefficient (Wildman–Crippen LogP) is 3.28. The lowest BCUT2D eigenvalue weighted by Gasteiger charge is -2.31. The number of benzene rings is 1. The minimum Gasteiger partial charge on any atom is -0.312 e. The molecule has 1 fully saturated rings. The molecule has 1 aliphatic carbocycles. The lowest BCUT2D eigenvalue weighted by molar-refractivity contribution is 0.288. The zero-order chi connectivity index (χ0) is 15.0. The molecule has 0 heterocycles. The van der Waals surface area contributed by atoms with Crippen molar-refractivity contribution in [2.24, 2.45) is 5.41 Å². The fraction of sp³-hybridized carbons (Fsp3) is 0.600. The normalized spacial score (nSPS) is 25.8. The monoisotopic (exact) mass is 315 g/mol. The molecule has 0 spiro atoms. The molecule has 0 aromatic heterocycles. The molecule has 1 aliphatic rings. The average molecular weight is 316 g/mol. The van der Waals surface area contributed by atoms with Crippen LogP contribution < -0.4 is 5.32 Å². The molecule has 2 rings (SSSR count). The van der Waals surface area contributed by atoms with Crippen molar-refractivity contribution in [1.82, 2.24) is 5.32 Å². The summed E-state index contributed by atoms with van der Waals surface area (Å²) >= 11 is 6.08. The molecule has 2 atom stereocenters. The quantitative estimate of drug-likeness (QED) is 0.927. The molecule has 1 aromatic carbocycles. The van der Waals surface area contributed by atoms with Crippen LogP contribution in [0.15, 0.2) is 29.2 Å². The van der Waals surface area contributed by atoms with Crippen LogP contribution >= 0.6 is 11.6 Å². The summed E-state index contributed by atoms with van der Waals surface area (Å²) in [5.74, 6) is 0. The highest BCUT2D eigenvalue weighted by atomic mass is 35.5. The van der Waals surface area contributed by atoms with Gasteiger partial charge in [-0.25, -0.2) is 8.42 Å². The van der Waals surface area contributed by atoms with Gasteiger partial charge in [-0.3, -0.25) is 0 Å². The Bertz CT molecular complexity index is 583. The highest BCUT2D eigenvalue weighted by molar-refractivity contribution is 7.92. The third-order valence-corrected chi connectivity index (χ3v) is 6.97. The van der Waals surface area contributed by atoms with Crippen LogP contribution in [0, 0.1) is 5.41 Å². The van der Waals surface area contributed by atoms with Crippen LogP contribution in [-0.4, -0.2) is 26.3 Å². The molecule has 5 heteroatoms. The Hall–Kier alpha value is -0.580. The number of nitrogens with one attached hydrogen (secondary N) is 1. The average Bonchev–Trinajstić information content (AvgIpc) is 2.67. The largest absolute Gasteiger partial charge is 0.312 e. The second-order valence-electron chi connectivity index (χ2n) is 6.08. The van der Waals surface area contributed by atoms with E-state index in [4.69, 9.17) is 11.6 Å². The molecule has 1 saturated carbocycles. The topological polar surface area (TPSA) is 46.2 Å². The molecule has 2 unspecified atom stereocenters. The first-order chi connectivity index (χ1) is 9.30. The van der Waals surface area contributed by atoms with E-state index in [1.807, 2.05) is 6.92 Å². The van der Waals surface area contributed by atoms with Gasteiger partial charge in [-0.15, -0.1) is 0 Å². The van der Waals surface area contributed by atoms with Crippen molar-refractivity contribution in [3.8, 4) is 0 Å². The molecule has 1 N–H and O–H groups in total. The third kappa shape index (κ3) is 2.74. The summed E-state index contributed by atoms with van der Waals surface area (Å²) in [7, 11) is -3.41. The van der Waals surface area contributed by atoms with Gasteiger partial charge in [-0.05, 0) is 36.9 Å². The standard InChI is InChI=1S/C15H22ClNO2S/c1-4-17-14-13(9-10-15(14,2)3)20(18,19)12-8-6-5-7-11(12)16/h5-8,13-14,17H,4,9-10H2,1-3H3. The van der Waals surface area contributed by atoms with Crippen LogP contribution in [0.5, 0.6) is 0 Å². The van der Waals surface area contributed by atoms with Gasteiger partial charge in [0, 0.05) is 6.04 Å². The molecule has 0 amide bonds. The highest BCUT2D eigenvalue weighted by Crippen LogP contribution is 2.43. The summed E-state index contributed by atoms with van der Waals surface area (Å²) in [4.78, 5) is 0.257. The van der Waals surface area contributed by atoms with Gasteiger partial charge in [-0.1, -0.05) is 44.5 Å². The summed E-state index contributed by atoms with van der Waals surface area (Å²) in [5.41, 5.74) is -0.0188. The van der Waals surface area contributed by atoms with Crippen LogP contribution in [0.1, 0.15) is 33.6 Å². The van der Waals surface area contributed by atoms with E-state index in [9.17, 15) is 8.42 Å². The van der Waals surface area contributed by atoms with E-state index >= 15 is 0 Å². The first-order valence-electron chi connectivity index (χ1n) is 7.02. The Kier molecular flexibility index (Phi) is 4.47. The number of rotatable bonds is 4. The fourth-order valence-electron chi connectivity index (χ4n) is 3.14.